The second kappa shape index (κ2) is 4.07. The highest BCUT2D eigenvalue weighted by molar-refractivity contribution is 5.86. The lowest BCUT2D eigenvalue weighted by Crippen LogP contribution is -2.31. The van der Waals surface area contributed by atoms with E-state index in [0.717, 1.165) is 24.8 Å². The first-order valence-electron chi connectivity index (χ1n) is 6.74. The first-order valence-corrected chi connectivity index (χ1v) is 6.74. The molecule has 3 heteroatoms. The number of carbonyl (C=O) groups excluding carboxylic acids is 1. The molecule has 0 saturated heterocycles. The molecule has 0 N–H and O–H groups in total. The van der Waals surface area contributed by atoms with Crippen LogP contribution in [-0.2, 0) is 17.4 Å². The van der Waals surface area contributed by atoms with E-state index in [1.807, 2.05) is 0 Å². The summed E-state index contributed by atoms with van der Waals surface area (Å²) in [6, 6.07) is 6.46. The molecule has 0 spiro atoms. The molecule has 3 nitrogen and oxygen atoms in total. The van der Waals surface area contributed by atoms with Crippen LogP contribution < -0.4 is 0 Å². The van der Waals surface area contributed by atoms with E-state index in [4.69, 9.17) is 0 Å². The van der Waals surface area contributed by atoms with Crippen molar-refractivity contribution in [3.05, 3.63) is 35.0 Å². The van der Waals surface area contributed by atoms with Crippen LogP contribution in [0.1, 0.15) is 36.1 Å². The fourth-order valence-electron chi connectivity index (χ4n) is 3.11. The SMILES string of the molecule is Cc1c(C)n(C)c2ccc(C3(N=C=O)CCC3)cc12. The highest BCUT2D eigenvalue weighted by atomic mass is 16.1. The van der Waals surface area contributed by atoms with Crippen LogP contribution in [0.5, 0.6) is 0 Å². The van der Waals surface area contributed by atoms with E-state index in [1.165, 1.54) is 22.2 Å². The second-order valence-corrected chi connectivity index (χ2v) is 5.59. The van der Waals surface area contributed by atoms with Crippen LogP contribution in [0.3, 0.4) is 0 Å². The minimum Gasteiger partial charge on any atom is -0.348 e. The number of rotatable bonds is 2. The molecule has 0 bridgehead atoms. The van der Waals surface area contributed by atoms with E-state index in [9.17, 15) is 4.79 Å². The van der Waals surface area contributed by atoms with Crippen LogP contribution >= 0.6 is 0 Å². The maximum absolute atomic E-state index is 10.7. The molecule has 0 unspecified atom stereocenters. The van der Waals surface area contributed by atoms with Crippen molar-refractivity contribution in [2.45, 2.75) is 38.6 Å². The fraction of sp³-hybridized carbons (Fsp3) is 0.438. The number of aliphatic imine (C=N–C) groups is 1. The maximum Gasteiger partial charge on any atom is 0.235 e. The Balaban J connectivity index is 2.22. The minimum absolute atomic E-state index is 0.299. The van der Waals surface area contributed by atoms with Crippen molar-refractivity contribution in [3.63, 3.8) is 0 Å². The van der Waals surface area contributed by atoms with Gasteiger partial charge in [0.05, 0.1) is 5.54 Å². The van der Waals surface area contributed by atoms with Gasteiger partial charge in [-0.2, -0.15) is 4.99 Å². The monoisotopic (exact) mass is 254 g/mol. The van der Waals surface area contributed by atoms with Gasteiger partial charge >= 0.3 is 0 Å². The summed E-state index contributed by atoms with van der Waals surface area (Å²) in [5.74, 6) is 0. The van der Waals surface area contributed by atoms with Crippen LogP contribution in [0.4, 0.5) is 0 Å². The number of hydrogen-bond acceptors (Lipinski definition) is 2. The zero-order valence-electron chi connectivity index (χ0n) is 11.7. The molecule has 98 valence electrons. The summed E-state index contributed by atoms with van der Waals surface area (Å²) in [5, 5.41) is 1.27. The molecule has 3 rings (SSSR count). The molecule has 0 atom stereocenters. The second-order valence-electron chi connectivity index (χ2n) is 5.59. The average molecular weight is 254 g/mol. The summed E-state index contributed by atoms with van der Waals surface area (Å²) in [6.45, 7) is 4.29. The molecular weight excluding hydrogens is 236 g/mol. The van der Waals surface area contributed by atoms with E-state index in [2.05, 4.69) is 48.7 Å². The van der Waals surface area contributed by atoms with Gasteiger partial charge in [-0.3, -0.25) is 0 Å². The molecule has 2 aromatic rings. The summed E-state index contributed by atoms with van der Waals surface area (Å²) < 4.78 is 2.21. The smallest absolute Gasteiger partial charge is 0.235 e. The number of aryl methyl sites for hydroxylation is 2. The third-order valence-electron chi connectivity index (χ3n) is 4.79. The molecule has 1 aromatic carbocycles. The van der Waals surface area contributed by atoms with Gasteiger partial charge in [-0.25, -0.2) is 4.79 Å². The molecule has 1 fully saturated rings. The highest BCUT2D eigenvalue weighted by Crippen LogP contribution is 2.45. The van der Waals surface area contributed by atoms with Gasteiger partial charge in [-0.15, -0.1) is 0 Å². The predicted molar refractivity (Wildman–Crippen MR) is 76.0 cm³/mol. The van der Waals surface area contributed by atoms with Gasteiger partial charge in [0, 0.05) is 23.6 Å². The van der Waals surface area contributed by atoms with Crippen molar-refractivity contribution < 1.29 is 4.79 Å². The Morgan fingerprint density at radius 3 is 2.63 bits per heavy atom. The summed E-state index contributed by atoms with van der Waals surface area (Å²) >= 11 is 0. The zero-order valence-corrected chi connectivity index (χ0v) is 11.7. The number of nitrogens with zero attached hydrogens (tertiary/aromatic N) is 2. The Hall–Kier alpha value is -1.86. The van der Waals surface area contributed by atoms with Crippen LogP contribution in [-0.4, -0.2) is 10.6 Å². The molecule has 1 aliphatic rings. The molecule has 1 aromatic heterocycles. The zero-order chi connectivity index (χ0) is 13.6. The lowest BCUT2D eigenvalue weighted by molar-refractivity contribution is 0.256. The Kier molecular flexibility index (Phi) is 2.61. The Labute approximate surface area is 113 Å². The fourth-order valence-corrected chi connectivity index (χ4v) is 3.11. The van der Waals surface area contributed by atoms with Crippen molar-refractivity contribution in [2.24, 2.45) is 12.0 Å². The van der Waals surface area contributed by atoms with Gasteiger partial charge in [-0.05, 0) is 56.4 Å². The first-order chi connectivity index (χ1) is 9.09. The van der Waals surface area contributed by atoms with Crippen LogP contribution in [0.25, 0.3) is 10.9 Å². The average Bonchev–Trinajstić information content (AvgIpc) is 2.59. The van der Waals surface area contributed by atoms with Crippen molar-refractivity contribution in [1.29, 1.82) is 0 Å². The van der Waals surface area contributed by atoms with E-state index >= 15 is 0 Å². The number of aromatic nitrogens is 1. The molecular formula is C16H18N2O. The summed E-state index contributed by atoms with van der Waals surface area (Å²) in [7, 11) is 2.09. The van der Waals surface area contributed by atoms with Gasteiger partial charge in [-0.1, -0.05) is 6.07 Å². The molecule has 1 saturated carbocycles. The third-order valence-corrected chi connectivity index (χ3v) is 4.79. The van der Waals surface area contributed by atoms with Crippen molar-refractivity contribution in [3.8, 4) is 0 Å². The molecule has 19 heavy (non-hydrogen) atoms. The molecule has 0 amide bonds. The Morgan fingerprint density at radius 1 is 1.32 bits per heavy atom. The standard InChI is InChI=1S/C16H18N2O/c1-11-12(2)18(3)15-6-5-13(9-14(11)15)16(17-10-19)7-4-8-16/h5-6,9H,4,7-8H2,1-3H3. The minimum atomic E-state index is -0.299. The molecule has 0 radical (unpaired) electrons. The van der Waals surface area contributed by atoms with E-state index in [1.54, 1.807) is 6.08 Å². The van der Waals surface area contributed by atoms with Crippen LogP contribution in [0.2, 0.25) is 0 Å². The first kappa shape index (κ1) is 12.2. The van der Waals surface area contributed by atoms with Crippen molar-refractivity contribution >= 4 is 17.0 Å². The molecule has 0 aliphatic heterocycles. The third kappa shape index (κ3) is 1.58. The highest BCUT2D eigenvalue weighted by Gasteiger charge is 2.39. The Morgan fingerprint density at radius 2 is 2.05 bits per heavy atom. The van der Waals surface area contributed by atoms with E-state index in [0.29, 0.717) is 0 Å². The molecule has 1 heterocycles. The molecule has 1 aliphatic carbocycles. The van der Waals surface area contributed by atoms with Crippen LogP contribution in [0.15, 0.2) is 23.2 Å². The number of isocyanates is 1. The predicted octanol–water partition coefficient (Wildman–Crippen LogP) is 3.51. The number of benzene rings is 1. The van der Waals surface area contributed by atoms with Gasteiger partial charge in [0.15, 0.2) is 0 Å². The lowest BCUT2D eigenvalue weighted by Gasteiger charge is -2.37. The normalized spacial score (nSPS) is 17.0. The summed E-state index contributed by atoms with van der Waals surface area (Å²) in [6.07, 6.45) is 4.81. The maximum atomic E-state index is 10.7. The van der Waals surface area contributed by atoms with E-state index < -0.39 is 0 Å². The number of fused-ring (bicyclic) bond motifs is 1. The summed E-state index contributed by atoms with van der Waals surface area (Å²) in [5.41, 5.74) is 4.69. The largest absolute Gasteiger partial charge is 0.348 e. The van der Waals surface area contributed by atoms with E-state index in [-0.39, 0.29) is 5.54 Å². The van der Waals surface area contributed by atoms with Crippen molar-refractivity contribution in [1.82, 2.24) is 4.57 Å². The Bertz CT molecular complexity index is 701. The summed E-state index contributed by atoms with van der Waals surface area (Å²) in [4.78, 5) is 14.8. The van der Waals surface area contributed by atoms with Gasteiger partial charge in [0.1, 0.15) is 0 Å². The topological polar surface area (TPSA) is 34.4 Å². The van der Waals surface area contributed by atoms with Gasteiger partial charge < -0.3 is 4.57 Å². The van der Waals surface area contributed by atoms with Crippen molar-refractivity contribution in [2.75, 3.05) is 0 Å². The number of hydrogen-bond donors (Lipinski definition) is 0. The lowest BCUT2D eigenvalue weighted by atomic mass is 9.72. The van der Waals surface area contributed by atoms with Gasteiger partial charge in [0.25, 0.3) is 0 Å². The van der Waals surface area contributed by atoms with Gasteiger partial charge in [0.2, 0.25) is 6.08 Å². The quantitative estimate of drug-likeness (QED) is 0.596. The van der Waals surface area contributed by atoms with Crippen LogP contribution in [0, 0.1) is 13.8 Å².